The Morgan fingerprint density at radius 1 is 1.29 bits per heavy atom. The van der Waals surface area contributed by atoms with Gasteiger partial charge in [-0.1, -0.05) is 23.8 Å². The van der Waals surface area contributed by atoms with Crippen molar-refractivity contribution in [3.8, 4) is 0 Å². The SMILES string of the molecule is Cc1ccc(C)c(C(CN)N(Cc2ccsc2)C2CC2)c1. The zero-order chi connectivity index (χ0) is 14.8. The molecule has 2 aromatic rings. The highest BCUT2D eigenvalue weighted by Crippen LogP contribution is 2.36. The van der Waals surface area contributed by atoms with Gasteiger partial charge in [-0.2, -0.15) is 11.3 Å². The normalized spacial score (nSPS) is 16.4. The van der Waals surface area contributed by atoms with Gasteiger partial charge in [-0.25, -0.2) is 0 Å². The molecule has 1 aromatic carbocycles. The highest BCUT2D eigenvalue weighted by atomic mass is 32.1. The topological polar surface area (TPSA) is 29.3 Å². The predicted octanol–water partition coefficient (Wildman–Crippen LogP) is 4.03. The first-order valence-electron chi connectivity index (χ1n) is 7.73. The molecule has 0 saturated heterocycles. The summed E-state index contributed by atoms with van der Waals surface area (Å²) in [5.74, 6) is 0. The smallest absolute Gasteiger partial charge is 0.0479 e. The third-order valence-corrected chi connectivity index (χ3v) is 5.11. The van der Waals surface area contributed by atoms with Gasteiger partial charge in [0.2, 0.25) is 0 Å². The van der Waals surface area contributed by atoms with E-state index >= 15 is 0 Å². The van der Waals surface area contributed by atoms with Crippen molar-refractivity contribution in [2.75, 3.05) is 6.54 Å². The number of thiophene rings is 1. The zero-order valence-electron chi connectivity index (χ0n) is 12.9. The number of benzene rings is 1. The minimum absolute atomic E-state index is 0.331. The molecule has 1 heterocycles. The third kappa shape index (κ3) is 3.37. The summed E-state index contributed by atoms with van der Waals surface area (Å²) < 4.78 is 0. The van der Waals surface area contributed by atoms with E-state index in [1.54, 1.807) is 11.3 Å². The van der Waals surface area contributed by atoms with Crippen LogP contribution in [0.4, 0.5) is 0 Å². The van der Waals surface area contributed by atoms with Crippen LogP contribution in [0, 0.1) is 13.8 Å². The first-order chi connectivity index (χ1) is 10.2. The van der Waals surface area contributed by atoms with Crippen LogP contribution in [0.15, 0.2) is 35.0 Å². The second-order valence-electron chi connectivity index (χ2n) is 6.15. The molecule has 1 atom stereocenters. The Labute approximate surface area is 131 Å². The molecule has 0 radical (unpaired) electrons. The van der Waals surface area contributed by atoms with E-state index in [4.69, 9.17) is 5.73 Å². The molecule has 1 aromatic heterocycles. The quantitative estimate of drug-likeness (QED) is 0.872. The maximum absolute atomic E-state index is 6.18. The van der Waals surface area contributed by atoms with Crippen LogP contribution in [-0.2, 0) is 6.54 Å². The van der Waals surface area contributed by atoms with E-state index in [0.717, 1.165) is 6.54 Å². The summed E-state index contributed by atoms with van der Waals surface area (Å²) in [5.41, 5.74) is 11.7. The van der Waals surface area contributed by atoms with Gasteiger partial charge < -0.3 is 5.73 Å². The molecule has 1 saturated carbocycles. The molecule has 1 fully saturated rings. The van der Waals surface area contributed by atoms with Gasteiger partial charge in [0.25, 0.3) is 0 Å². The van der Waals surface area contributed by atoms with Crippen LogP contribution in [-0.4, -0.2) is 17.5 Å². The number of aryl methyl sites for hydroxylation is 2. The van der Waals surface area contributed by atoms with E-state index in [0.29, 0.717) is 18.6 Å². The lowest BCUT2D eigenvalue weighted by Gasteiger charge is -2.32. The number of nitrogens with two attached hydrogens (primary N) is 1. The van der Waals surface area contributed by atoms with E-state index in [2.05, 4.69) is 53.8 Å². The van der Waals surface area contributed by atoms with E-state index in [9.17, 15) is 0 Å². The predicted molar refractivity (Wildman–Crippen MR) is 90.6 cm³/mol. The van der Waals surface area contributed by atoms with Gasteiger partial charge in [-0.15, -0.1) is 0 Å². The van der Waals surface area contributed by atoms with Crippen LogP contribution in [0.2, 0.25) is 0 Å². The molecule has 3 rings (SSSR count). The molecule has 0 aliphatic heterocycles. The van der Waals surface area contributed by atoms with Gasteiger partial charge >= 0.3 is 0 Å². The van der Waals surface area contributed by atoms with Crippen molar-refractivity contribution in [3.63, 3.8) is 0 Å². The maximum atomic E-state index is 6.18. The molecular formula is C18H24N2S. The minimum Gasteiger partial charge on any atom is -0.329 e. The van der Waals surface area contributed by atoms with Crippen molar-refractivity contribution in [2.24, 2.45) is 5.73 Å². The molecule has 1 unspecified atom stereocenters. The highest BCUT2D eigenvalue weighted by Gasteiger charge is 2.34. The average molecular weight is 300 g/mol. The lowest BCUT2D eigenvalue weighted by atomic mass is 9.97. The zero-order valence-corrected chi connectivity index (χ0v) is 13.7. The first kappa shape index (κ1) is 14.8. The van der Waals surface area contributed by atoms with Crippen molar-refractivity contribution < 1.29 is 0 Å². The molecular weight excluding hydrogens is 276 g/mol. The summed E-state index contributed by atoms with van der Waals surface area (Å²) >= 11 is 1.78. The number of hydrogen-bond acceptors (Lipinski definition) is 3. The Hall–Kier alpha value is -1.16. The summed E-state index contributed by atoms with van der Waals surface area (Å²) in [6.07, 6.45) is 2.62. The molecule has 0 amide bonds. The van der Waals surface area contributed by atoms with Crippen molar-refractivity contribution in [1.82, 2.24) is 4.90 Å². The van der Waals surface area contributed by atoms with Crippen LogP contribution in [0.1, 0.15) is 41.1 Å². The van der Waals surface area contributed by atoms with Crippen LogP contribution in [0.3, 0.4) is 0 Å². The highest BCUT2D eigenvalue weighted by molar-refractivity contribution is 7.07. The van der Waals surface area contributed by atoms with Gasteiger partial charge in [0.15, 0.2) is 0 Å². The van der Waals surface area contributed by atoms with Crippen molar-refractivity contribution in [1.29, 1.82) is 0 Å². The average Bonchev–Trinajstić information content (AvgIpc) is 3.19. The molecule has 2 nitrogen and oxygen atoms in total. The summed E-state index contributed by atoms with van der Waals surface area (Å²) in [5, 5.41) is 4.42. The van der Waals surface area contributed by atoms with Crippen LogP contribution < -0.4 is 5.73 Å². The summed E-state index contributed by atoms with van der Waals surface area (Å²) in [7, 11) is 0. The first-order valence-corrected chi connectivity index (χ1v) is 8.67. The number of nitrogens with zero attached hydrogens (tertiary/aromatic N) is 1. The summed E-state index contributed by atoms with van der Waals surface area (Å²) in [6.45, 7) is 6.07. The molecule has 3 heteroatoms. The molecule has 0 spiro atoms. The van der Waals surface area contributed by atoms with E-state index < -0.39 is 0 Å². The van der Waals surface area contributed by atoms with E-state index in [-0.39, 0.29) is 0 Å². The molecule has 0 bridgehead atoms. The fraction of sp³-hybridized carbons (Fsp3) is 0.444. The van der Waals surface area contributed by atoms with Gasteiger partial charge in [-0.3, -0.25) is 4.90 Å². The third-order valence-electron chi connectivity index (χ3n) is 4.38. The number of hydrogen-bond donors (Lipinski definition) is 1. The second kappa shape index (κ2) is 6.30. The lowest BCUT2D eigenvalue weighted by Crippen LogP contribution is -2.35. The summed E-state index contributed by atoms with van der Waals surface area (Å²) in [4.78, 5) is 2.61. The van der Waals surface area contributed by atoms with Crippen LogP contribution in [0.5, 0.6) is 0 Å². The maximum Gasteiger partial charge on any atom is 0.0479 e. The Kier molecular flexibility index (Phi) is 4.43. The fourth-order valence-corrected chi connectivity index (χ4v) is 3.71. The Bertz CT molecular complexity index is 587. The Morgan fingerprint density at radius 3 is 2.71 bits per heavy atom. The molecule has 2 N–H and O–H groups in total. The van der Waals surface area contributed by atoms with Gasteiger partial charge in [0.1, 0.15) is 0 Å². The summed E-state index contributed by atoms with van der Waals surface area (Å²) in [6, 6.07) is 10.00. The molecule has 1 aliphatic carbocycles. The Balaban J connectivity index is 1.89. The van der Waals surface area contributed by atoms with E-state index in [1.807, 2.05) is 0 Å². The van der Waals surface area contributed by atoms with Crippen molar-refractivity contribution in [3.05, 3.63) is 57.3 Å². The second-order valence-corrected chi connectivity index (χ2v) is 6.93. The minimum atomic E-state index is 0.331. The monoisotopic (exact) mass is 300 g/mol. The van der Waals surface area contributed by atoms with Crippen molar-refractivity contribution in [2.45, 2.75) is 45.3 Å². The molecule has 1 aliphatic rings. The van der Waals surface area contributed by atoms with E-state index in [1.165, 1.54) is 35.1 Å². The standard InChI is InChI=1S/C18H24N2S/c1-13-3-4-14(2)17(9-13)18(10-19)20(16-5-6-16)11-15-7-8-21-12-15/h3-4,7-9,12,16,18H,5-6,10-11,19H2,1-2H3. The number of rotatable bonds is 6. The Morgan fingerprint density at radius 2 is 2.10 bits per heavy atom. The van der Waals surface area contributed by atoms with Gasteiger partial charge in [-0.05, 0) is 60.2 Å². The van der Waals surface area contributed by atoms with Crippen LogP contribution >= 0.6 is 11.3 Å². The van der Waals surface area contributed by atoms with Gasteiger partial charge in [0.05, 0.1) is 0 Å². The van der Waals surface area contributed by atoms with Crippen LogP contribution in [0.25, 0.3) is 0 Å². The van der Waals surface area contributed by atoms with Gasteiger partial charge in [0, 0.05) is 25.2 Å². The molecule has 112 valence electrons. The fourth-order valence-electron chi connectivity index (χ4n) is 3.05. The molecule has 21 heavy (non-hydrogen) atoms. The largest absolute Gasteiger partial charge is 0.329 e. The van der Waals surface area contributed by atoms with Crippen molar-refractivity contribution >= 4 is 11.3 Å². The lowest BCUT2D eigenvalue weighted by molar-refractivity contribution is 0.181.